The molecule has 0 spiro atoms. The Hall–Kier alpha value is -7.95. The van der Waals surface area contributed by atoms with Crippen molar-refractivity contribution in [2.75, 3.05) is 0 Å². The molecule has 3 heterocycles. The number of benzene rings is 8. The van der Waals surface area contributed by atoms with Crippen molar-refractivity contribution in [2.45, 2.75) is 19.3 Å². The molecule has 11 aromatic rings. The standard InChI is InChI=1S/C58H40N4/c1-58(2)48-22-12-9-19-44(48)45-34-33-42(35-49(45)58)37-25-27-39(28-26-37)52-36-51(38-15-5-3-6-16-38)60-57(61-52)41-31-29-40(30-32-41)55-54-47-21-11-14-24-53(47)62(43-17-7-4-8-18-43)56(54)46-20-10-13-23-50(46)59-55/h3-36H,1-2H3. The molecule has 0 amide bonds. The minimum atomic E-state index is -0.0493. The molecule has 0 N–H and O–H groups in total. The number of fused-ring (bicyclic) bond motifs is 8. The number of hydrogen-bond donors (Lipinski definition) is 0. The molecule has 0 unspecified atom stereocenters. The second-order valence-electron chi connectivity index (χ2n) is 16.8. The van der Waals surface area contributed by atoms with E-state index in [1.807, 2.05) is 6.07 Å². The number of pyridine rings is 1. The topological polar surface area (TPSA) is 43.6 Å². The average molecular weight is 793 g/mol. The molecule has 0 saturated carbocycles. The summed E-state index contributed by atoms with van der Waals surface area (Å²) in [5.41, 5.74) is 18.9. The van der Waals surface area contributed by atoms with E-state index in [4.69, 9.17) is 15.0 Å². The van der Waals surface area contributed by atoms with Crippen molar-refractivity contribution in [3.63, 3.8) is 0 Å². The summed E-state index contributed by atoms with van der Waals surface area (Å²) in [6.45, 7) is 4.67. The first kappa shape index (κ1) is 35.9. The van der Waals surface area contributed by atoms with Crippen LogP contribution in [0.25, 0.3) is 106 Å². The highest BCUT2D eigenvalue weighted by molar-refractivity contribution is 6.22. The fourth-order valence-corrected chi connectivity index (χ4v) is 9.71. The Morgan fingerprint density at radius 2 is 0.968 bits per heavy atom. The third kappa shape index (κ3) is 5.72. The Bertz CT molecular complexity index is 3510. The maximum absolute atomic E-state index is 5.36. The Balaban J connectivity index is 0.948. The maximum atomic E-state index is 5.36. The van der Waals surface area contributed by atoms with Crippen LogP contribution in [0.1, 0.15) is 25.0 Å². The Labute approximate surface area is 360 Å². The zero-order chi connectivity index (χ0) is 41.4. The molecular formula is C58H40N4. The van der Waals surface area contributed by atoms with Gasteiger partial charge in [-0.2, -0.15) is 0 Å². The van der Waals surface area contributed by atoms with Gasteiger partial charge >= 0.3 is 0 Å². The predicted octanol–water partition coefficient (Wildman–Crippen LogP) is 14.8. The number of nitrogens with zero attached hydrogens (tertiary/aromatic N) is 4. The Kier molecular flexibility index (Phi) is 8.16. The van der Waals surface area contributed by atoms with Crippen LogP contribution in [0.5, 0.6) is 0 Å². The lowest BCUT2D eigenvalue weighted by atomic mass is 9.81. The van der Waals surface area contributed by atoms with Gasteiger partial charge in [-0.25, -0.2) is 15.0 Å². The van der Waals surface area contributed by atoms with Gasteiger partial charge in [-0.1, -0.05) is 184 Å². The van der Waals surface area contributed by atoms with Crippen LogP contribution in [0.2, 0.25) is 0 Å². The van der Waals surface area contributed by atoms with Crippen molar-refractivity contribution < 1.29 is 0 Å². The van der Waals surface area contributed by atoms with E-state index in [0.717, 1.165) is 72.3 Å². The van der Waals surface area contributed by atoms with Crippen molar-refractivity contribution in [1.29, 1.82) is 0 Å². The fourth-order valence-electron chi connectivity index (χ4n) is 9.71. The number of rotatable bonds is 6. The number of para-hydroxylation sites is 3. The lowest BCUT2D eigenvalue weighted by molar-refractivity contribution is 0.660. The summed E-state index contributed by atoms with van der Waals surface area (Å²) < 4.78 is 2.38. The van der Waals surface area contributed by atoms with Gasteiger partial charge in [0.2, 0.25) is 0 Å². The molecule has 4 nitrogen and oxygen atoms in total. The molecular weight excluding hydrogens is 753 g/mol. The van der Waals surface area contributed by atoms with E-state index in [1.165, 1.54) is 38.8 Å². The highest BCUT2D eigenvalue weighted by Crippen LogP contribution is 2.49. The monoisotopic (exact) mass is 792 g/mol. The van der Waals surface area contributed by atoms with Crippen LogP contribution < -0.4 is 0 Å². The van der Waals surface area contributed by atoms with Gasteiger partial charge < -0.3 is 4.57 Å². The number of hydrogen-bond acceptors (Lipinski definition) is 3. The van der Waals surface area contributed by atoms with Crippen molar-refractivity contribution in [3.8, 4) is 73.1 Å². The van der Waals surface area contributed by atoms with E-state index in [-0.39, 0.29) is 5.41 Å². The van der Waals surface area contributed by atoms with E-state index in [0.29, 0.717) is 5.82 Å². The lowest BCUT2D eigenvalue weighted by Gasteiger charge is -2.22. The average Bonchev–Trinajstić information content (AvgIpc) is 3.81. The van der Waals surface area contributed by atoms with E-state index in [1.54, 1.807) is 0 Å². The quantitative estimate of drug-likeness (QED) is 0.168. The summed E-state index contributed by atoms with van der Waals surface area (Å²) in [6.07, 6.45) is 0. The van der Waals surface area contributed by atoms with Crippen LogP contribution in [-0.4, -0.2) is 19.5 Å². The molecule has 0 radical (unpaired) electrons. The van der Waals surface area contributed by atoms with Crippen LogP contribution in [0.4, 0.5) is 0 Å². The molecule has 0 aliphatic heterocycles. The molecule has 0 saturated heterocycles. The Morgan fingerprint density at radius 3 is 1.74 bits per heavy atom. The number of aromatic nitrogens is 4. The first-order valence-electron chi connectivity index (χ1n) is 21.3. The molecule has 12 rings (SSSR count). The first-order chi connectivity index (χ1) is 30.5. The van der Waals surface area contributed by atoms with E-state index in [2.05, 4.69) is 219 Å². The summed E-state index contributed by atoms with van der Waals surface area (Å²) in [5.74, 6) is 0.676. The summed E-state index contributed by atoms with van der Waals surface area (Å²) in [6, 6.07) is 73.4. The van der Waals surface area contributed by atoms with Gasteiger partial charge in [0.25, 0.3) is 0 Å². The smallest absolute Gasteiger partial charge is 0.160 e. The van der Waals surface area contributed by atoms with Crippen molar-refractivity contribution in [1.82, 2.24) is 19.5 Å². The molecule has 62 heavy (non-hydrogen) atoms. The molecule has 0 atom stereocenters. The SMILES string of the molecule is CC1(C)c2ccccc2-c2ccc(-c3ccc(-c4cc(-c5ccccc5)nc(-c5ccc(-c6nc7ccccc7c7c6c6ccccc6n7-c6ccccc6)cc5)n4)cc3)cc21. The van der Waals surface area contributed by atoms with Gasteiger partial charge in [-0.3, -0.25) is 0 Å². The predicted molar refractivity (Wildman–Crippen MR) is 256 cm³/mol. The molecule has 4 heteroatoms. The van der Waals surface area contributed by atoms with Crippen molar-refractivity contribution in [2.24, 2.45) is 0 Å². The molecule has 1 aliphatic rings. The van der Waals surface area contributed by atoms with Crippen molar-refractivity contribution >= 4 is 32.7 Å². The highest BCUT2D eigenvalue weighted by Gasteiger charge is 2.35. The van der Waals surface area contributed by atoms with Crippen LogP contribution in [0, 0.1) is 0 Å². The van der Waals surface area contributed by atoms with E-state index < -0.39 is 0 Å². The van der Waals surface area contributed by atoms with Crippen molar-refractivity contribution in [3.05, 3.63) is 217 Å². The molecule has 1 aliphatic carbocycles. The zero-order valence-corrected chi connectivity index (χ0v) is 34.4. The van der Waals surface area contributed by atoms with Crippen LogP contribution in [-0.2, 0) is 5.41 Å². The maximum Gasteiger partial charge on any atom is 0.160 e. The third-order valence-electron chi connectivity index (χ3n) is 12.8. The second kappa shape index (κ2) is 14.1. The van der Waals surface area contributed by atoms with Gasteiger partial charge in [-0.15, -0.1) is 0 Å². The molecule has 292 valence electrons. The largest absolute Gasteiger partial charge is 0.308 e. The second-order valence-corrected chi connectivity index (χ2v) is 16.8. The van der Waals surface area contributed by atoms with Gasteiger partial charge in [-0.05, 0) is 69.8 Å². The van der Waals surface area contributed by atoms with E-state index >= 15 is 0 Å². The normalized spacial score (nSPS) is 12.8. The highest BCUT2D eigenvalue weighted by atomic mass is 15.0. The minimum absolute atomic E-state index is 0.0493. The summed E-state index contributed by atoms with van der Waals surface area (Å²) in [4.78, 5) is 15.8. The summed E-state index contributed by atoms with van der Waals surface area (Å²) in [5, 5.41) is 3.43. The third-order valence-corrected chi connectivity index (χ3v) is 12.8. The first-order valence-corrected chi connectivity index (χ1v) is 21.3. The fraction of sp³-hybridized carbons (Fsp3) is 0.0517. The zero-order valence-electron chi connectivity index (χ0n) is 34.4. The van der Waals surface area contributed by atoms with Gasteiger partial charge in [0.15, 0.2) is 5.82 Å². The summed E-state index contributed by atoms with van der Waals surface area (Å²) >= 11 is 0. The minimum Gasteiger partial charge on any atom is -0.308 e. The Morgan fingerprint density at radius 1 is 0.403 bits per heavy atom. The lowest BCUT2D eigenvalue weighted by Crippen LogP contribution is -2.14. The van der Waals surface area contributed by atoms with Gasteiger partial charge in [0.1, 0.15) is 0 Å². The van der Waals surface area contributed by atoms with Crippen LogP contribution in [0.15, 0.2) is 206 Å². The van der Waals surface area contributed by atoms with Gasteiger partial charge in [0.05, 0.1) is 33.6 Å². The molecule has 3 aromatic heterocycles. The molecule has 0 fully saturated rings. The van der Waals surface area contributed by atoms with E-state index in [9.17, 15) is 0 Å². The van der Waals surface area contributed by atoms with Gasteiger partial charge in [0, 0.05) is 49.5 Å². The molecule has 0 bridgehead atoms. The summed E-state index contributed by atoms with van der Waals surface area (Å²) in [7, 11) is 0. The van der Waals surface area contributed by atoms with Crippen LogP contribution in [0.3, 0.4) is 0 Å². The molecule has 8 aromatic carbocycles. The van der Waals surface area contributed by atoms with Crippen LogP contribution >= 0.6 is 0 Å².